The second-order valence-corrected chi connectivity index (χ2v) is 10.6. The van der Waals surface area contributed by atoms with Gasteiger partial charge in [-0.1, -0.05) is 45.0 Å². The number of aliphatic hydroxyl groups excluding tert-OH is 1. The number of carbonyl (C=O) groups is 1. The Morgan fingerprint density at radius 1 is 1.38 bits per heavy atom. The Morgan fingerprint density at radius 3 is 2.66 bits per heavy atom. The molecular formula is C23H31N5O3S. The van der Waals surface area contributed by atoms with E-state index in [-0.39, 0.29) is 17.9 Å². The monoisotopic (exact) mass is 457 g/mol. The maximum Gasteiger partial charge on any atom is 0.240 e. The number of rotatable bonds is 4. The van der Waals surface area contributed by atoms with Gasteiger partial charge in [-0.15, -0.1) is 11.3 Å². The zero-order valence-corrected chi connectivity index (χ0v) is 19.9. The van der Waals surface area contributed by atoms with E-state index in [2.05, 4.69) is 10.5 Å². The minimum atomic E-state index is -0.939. The van der Waals surface area contributed by atoms with E-state index < -0.39 is 23.9 Å². The van der Waals surface area contributed by atoms with E-state index in [1.807, 2.05) is 64.4 Å². The van der Waals surface area contributed by atoms with Crippen LogP contribution in [0.2, 0.25) is 0 Å². The van der Waals surface area contributed by atoms with Crippen molar-refractivity contribution in [2.75, 3.05) is 6.54 Å². The van der Waals surface area contributed by atoms with Gasteiger partial charge in [0.1, 0.15) is 5.84 Å². The summed E-state index contributed by atoms with van der Waals surface area (Å²) in [4.78, 5) is 30.8. The third-order valence-electron chi connectivity index (χ3n) is 6.19. The molecule has 1 amide bonds. The summed E-state index contributed by atoms with van der Waals surface area (Å²) in [6.45, 7) is 9.89. The van der Waals surface area contributed by atoms with Crippen LogP contribution in [0, 0.1) is 12.3 Å². The third-order valence-corrected chi connectivity index (χ3v) is 7.17. The van der Waals surface area contributed by atoms with Crippen molar-refractivity contribution >= 4 is 23.1 Å². The van der Waals surface area contributed by atoms with E-state index in [0.29, 0.717) is 12.3 Å². The minimum Gasteiger partial charge on any atom is -0.391 e. The molecule has 8 nitrogen and oxygen atoms in total. The van der Waals surface area contributed by atoms with Crippen LogP contribution in [0.15, 0.2) is 34.8 Å². The summed E-state index contributed by atoms with van der Waals surface area (Å²) in [6, 6.07) is 6.97. The second-order valence-electron chi connectivity index (χ2n) is 9.77. The number of aliphatic hydroxyl groups is 1. The summed E-state index contributed by atoms with van der Waals surface area (Å²) in [5.41, 5.74) is 12.6. The van der Waals surface area contributed by atoms with Gasteiger partial charge >= 0.3 is 0 Å². The molecule has 9 heteroatoms. The number of amides is 1. The van der Waals surface area contributed by atoms with Crippen LogP contribution in [0.3, 0.4) is 0 Å². The molecule has 4 atom stereocenters. The van der Waals surface area contributed by atoms with E-state index in [0.717, 1.165) is 21.7 Å². The number of nitrogens with two attached hydrogens (primary N) is 1. The predicted octanol–water partition coefficient (Wildman–Crippen LogP) is 2.56. The fraction of sp³-hybridized carbons (Fsp3) is 0.522. The number of likely N-dealkylation sites (tertiary alicyclic amines) is 1. The molecule has 3 heterocycles. The molecule has 32 heavy (non-hydrogen) atoms. The number of thiazole rings is 1. The van der Waals surface area contributed by atoms with Crippen LogP contribution in [-0.2, 0) is 15.4 Å². The lowest BCUT2D eigenvalue weighted by Gasteiger charge is -2.32. The number of hydrogen-bond donors (Lipinski definition) is 3. The van der Waals surface area contributed by atoms with Crippen molar-refractivity contribution in [2.24, 2.45) is 16.1 Å². The number of nitrogens with one attached hydrogen (secondary N) is 1. The van der Waals surface area contributed by atoms with E-state index in [1.165, 1.54) is 0 Å². The number of aromatic nitrogens is 1. The fourth-order valence-corrected chi connectivity index (χ4v) is 4.88. The molecule has 2 aromatic rings. The average Bonchev–Trinajstić information content (AvgIpc) is 3.45. The first-order valence-electron chi connectivity index (χ1n) is 10.8. The fourth-order valence-electron chi connectivity index (χ4n) is 4.07. The number of nitrogens with zero attached hydrogens (tertiary/aromatic N) is 3. The van der Waals surface area contributed by atoms with Crippen LogP contribution in [0.4, 0.5) is 0 Å². The van der Waals surface area contributed by atoms with E-state index in [1.54, 1.807) is 16.2 Å². The lowest BCUT2D eigenvalue weighted by atomic mass is 9.86. The van der Waals surface area contributed by atoms with Crippen molar-refractivity contribution in [3.05, 3.63) is 41.0 Å². The zero-order chi connectivity index (χ0) is 23.3. The van der Waals surface area contributed by atoms with Gasteiger partial charge in [-0.2, -0.15) is 0 Å². The molecule has 0 radical (unpaired) electrons. The van der Waals surface area contributed by atoms with Gasteiger partial charge in [-0.25, -0.2) is 20.3 Å². The van der Waals surface area contributed by atoms with Gasteiger partial charge in [0, 0.05) is 18.5 Å². The molecular weight excluding hydrogens is 426 g/mol. The highest BCUT2D eigenvalue weighted by atomic mass is 32.1. The normalized spacial score (nSPS) is 26.7. The largest absolute Gasteiger partial charge is 0.391 e. The Kier molecular flexibility index (Phi) is 5.87. The van der Waals surface area contributed by atoms with Crippen LogP contribution in [0.25, 0.3) is 10.4 Å². The summed E-state index contributed by atoms with van der Waals surface area (Å²) in [5.74, 6) is 0.335. The van der Waals surface area contributed by atoms with Crippen LogP contribution in [0.1, 0.15) is 45.4 Å². The van der Waals surface area contributed by atoms with Crippen molar-refractivity contribution in [2.45, 2.75) is 65.0 Å². The summed E-state index contributed by atoms with van der Waals surface area (Å²) in [5, 5.41) is 10.3. The van der Waals surface area contributed by atoms with Gasteiger partial charge in [0.2, 0.25) is 11.6 Å². The molecule has 1 saturated heterocycles. The molecule has 1 aromatic heterocycles. The number of aryl methyl sites for hydroxylation is 1. The number of hydrogen-bond acceptors (Lipinski definition) is 8. The van der Waals surface area contributed by atoms with E-state index >= 15 is 0 Å². The number of β-amino-alcohol motifs (C(OH)–C–C–N with tert-alkyl or cyclic N) is 1. The SMILES string of the molecule is Cc1ncsc1-c1ccc(C2(C)N=C([C@@H]3C[C@@H](O)CN3C(=O)[C@@H](N)C(C)(C)C)NO2)cc1. The van der Waals surface area contributed by atoms with Gasteiger partial charge in [0.05, 0.1) is 34.3 Å². The zero-order valence-electron chi connectivity index (χ0n) is 19.1. The summed E-state index contributed by atoms with van der Waals surface area (Å²) >= 11 is 1.61. The molecule has 0 spiro atoms. The van der Waals surface area contributed by atoms with Gasteiger partial charge in [-0.3, -0.25) is 4.79 Å². The Bertz CT molecular complexity index is 1030. The Balaban J connectivity index is 1.57. The van der Waals surface area contributed by atoms with Gasteiger partial charge < -0.3 is 15.7 Å². The van der Waals surface area contributed by atoms with Crippen LogP contribution in [0.5, 0.6) is 0 Å². The van der Waals surface area contributed by atoms with Gasteiger partial charge in [0.15, 0.2) is 0 Å². The maximum absolute atomic E-state index is 13.1. The quantitative estimate of drug-likeness (QED) is 0.650. The number of aliphatic imine (C=N–C) groups is 1. The van der Waals surface area contributed by atoms with Crippen LogP contribution >= 0.6 is 11.3 Å². The first-order chi connectivity index (χ1) is 15.0. The molecule has 1 unspecified atom stereocenters. The Hall–Kier alpha value is -2.33. The standard InChI is InChI=1S/C23H31N5O3S/c1-13-18(32-12-25-13)14-6-8-15(9-7-14)23(5)26-20(27-31-23)17-10-16(29)11-28(17)21(30)19(24)22(2,3)4/h6-9,12,16-17,19,29H,10-11,24H2,1-5H3,(H,26,27)/t16-,17+,19-,23?/m1/s1. The van der Waals surface area contributed by atoms with Crippen molar-refractivity contribution in [3.8, 4) is 10.4 Å². The molecule has 2 aliphatic heterocycles. The molecule has 4 N–H and O–H groups in total. The number of benzene rings is 1. The molecule has 172 valence electrons. The lowest BCUT2D eigenvalue weighted by molar-refractivity contribution is -0.135. The third kappa shape index (κ3) is 4.17. The molecule has 4 rings (SSSR count). The highest BCUT2D eigenvalue weighted by molar-refractivity contribution is 7.13. The highest BCUT2D eigenvalue weighted by Gasteiger charge is 2.45. The maximum atomic E-state index is 13.1. The first-order valence-corrected chi connectivity index (χ1v) is 11.7. The van der Waals surface area contributed by atoms with Crippen molar-refractivity contribution in [1.29, 1.82) is 0 Å². The average molecular weight is 458 g/mol. The molecule has 0 aliphatic carbocycles. The second kappa shape index (κ2) is 8.22. The van der Waals surface area contributed by atoms with Crippen molar-refractivity contribution < 1.29 is 14.7 Å². The smallest absolute Gasteiger partial charge is 0.240 e. The molecule has 1 aromatic carbocycles. The minimum absolute atomic E-state index is 0.193. The Morgan fingerprint density at radius 2 is 2.06 bits per heavy atom. The van der Waals surface area contributed by atoms with E-state index in [9.17, 15) is 9.90 Å². The Labute approximate surface area is 192 Å². The van der Waals surface area contributed by atoms with Crippen LogP contribution < -0.4 is 11.2 Å². The van der Waals surface area contributed by atoms with Gasteiger partial charge in [-0.05, 0) is 24.8 Å². The molecule has 2 aliphatic rings. The van der Waals surface area contributed by atoms with Crippen molar-refractivity contribution in [3.63, 3.8) is 0 Å². The summed E-state index contributed by atoms with van der Waals surface area (Å²) in [6.07, 6.45) is -0.244. The highest BCUT2D eigenvalue weighted by Crippen LogP contribution is 2.35. The summed E-state index contributed by atoms with van der Waals surface area (Å²) in [7, 11) is 0. The lowest BCUT2D eigenvalue weighted by Crippen LogP contribution is -2.54. The molecule has 0 saturated carbocycles. The van der Waals surface area contributed by atoms with Crippen LogP contribution in [-0.4, -0.2) is 51.5 Å². The number of amidine groups is 1. The molecule has 1 fully saturated rings. The number of hydroxylamine groups is 1. The van der Waals surface area contributed by atoms with Crippen molar-refractivity contribution in [1.82, 2.24) is 15.4 Å². The van der Waals surface area contributed by atoms with E-state index in [4.69, 9.17) is 15.6 Å². The topological polar surface area (TPSA) is 113 Å². The molecule has 0 bridgehead atoms. The van der Waals surface area contributed by atoms with Gasteiger partial charge in [0.25, 0.3) is 0 Å². The first kappa shape index (κ1) is 22.8. The summed E-state index contributed by atoms with van der Waals surface area (Å²) < 4.78 is 0. The number of carbonyl (C=O) groups excluding carboxylic acids is 1. The predicted molar refractivity (Wildman–Crippen MR) is 125 cm³/mol.